The Morgan fingerprint density at radius 1 is 1.26 bits per heavy atom. The van der Waals surface area contributed by atoms with Crippen LogP contribution in [0.5, 0.6) is 0 Å². The summed E-state index contributed by atoms with van der Waals surface area (Å²) in [6.45, 7) is 3.83. The molecule has 1 aromatic rings. The maximum atomic E-state index is 12.2. The SMILES string of the molecule is CC(=O)N1CCCC1(Cc1ccc(Br)cc1)C(C)=O. The van der Waals surface area contributed by atoms with Crippen LogP contribution < -0.4 is 0 Å². The van der Waals surface area contributed by atoms with Gasteiger partial charge in [0, 0.05) is 24.4 Å². The third kappa shape index (κ3) is 2.73. The topological polar surface area (TPSA) is 37.4 Å². The summed E-state index contributed by atoms with van der Waals surface area (Å²) in [6, 6.07) is 7.95. The lowest BCUT2D eigenvalue weighted by atomic mass is 9.84. The molecule has 1 heterocycles. The summed E-state index contributed by atoms with van der Waals surface area (Å²) >= 11 is 3.40. The lowest BCUT2D eigenvalue weighted by Crippen LogP contribution is -2.53. The average Bonchev–Trinajstić information content (AvgIpc) is 2.77. The molecule has 102 valence electrons. The number of benzene rings is 1. The number of carbonyl (C=O) groups is 2. The van der Waals surface area contributed by atoms with Gasteiger partial charge in [0.15, 0.2) is 5.78 Å². The van der Waals surface area contributed by atoms with Gasteiger partial charge in [0.1, 0.15) is 5.54 Å². The maximum absolute atomic E-state index is 12.2. The van der Waals surface area contributed by atoms with Gasteiger partial charge in [0.05, 0.1) is 0 Å². The third-order valence-electron chi connectivity index (χ3n) is 3.93. The molecule has 1 unspecified atom stereocenters. The lowest BCUT2D eigenvalue weighted by Gasteiger charge is -2.36. The number of rotatable bonds is 3. The highest BCUT2D eigenvalue weighted by Gasteiger charge is 2.46. The van der Waals surface area contributed by atoms with Crippen molar-refractivity contribution in [1.82, 2.24) is 4.90 Å². The minimum absolute atomic E-state index is 0.00943. The summed E-state index contributed by atoms with van der Waals surface area (Å²) in [5, 5.41) is 0. The van der Waals surface area contributed by atoms with E-state index >= 15 is 0 Å². The Kier molecular flexibility index (Phi) is 4.09. The number of nitrogens with zero attached hydrogens (tertiary/aromatic N) is 1. The largest absolute Gasteiger partial charge is 0.330 e. The van der Waals surface area contributed by atoms with Gasteiger partial charge in [0.25, 0.3) is 0 Å². The van der Waals surface area contributed by atoms with Crippen molar-refractivity contribution in [2.24, 2.45) is 0 Å². The zero-order valence-corrected chi connectivity index (χ0v) is 12.9. The van der Waals surface area contributed by atoms with Gasteiger partial charge in [0.2, 0.25) is 5.91 Å². The number of hydrogen-bond donors (Lipinski definition) is 0. The molecule has 4 heteroatoms. The van der Waals surface area contributed by atoms with Crippen molar-refractivity contribution in [2.75, 3.05) is 6.54 Å². The van der Waals surface area contributed by atoms with Crippen molar-refractivity contribution in [3.8, 4) is 0 Å². The number of hydrogen-bond acceptors (Lipinski definition) is 2. The van der Waals surface area contributed by atoms with Gasteiger partial charge in [-0.05, 0) is 37.5 Å². The van der Waals surface area contributed by atoms with Gasteiger partial charge in [-0.25, -0.2) is 0 Å². The second-order valence-corrected chi connectivity index (χ2v) is 6.08. The van der Waals surface area contributed by atoms with E-state index < -0.39 is 5.54 Å². The normalized spacial score (nSPS) is 22.6. The van der Waals surface area contributed by atoms with Crippen LogP contribution in [0, 0.1) is 0 Å². The number of Topliss-reactive ketones (excluding diaryl/α,β-unsaturated/α-hetero) is 1. The molecule has 1 atom stereocenters. The Labute approximate surface area is 122 Å². The summed E-state index contributed by atoms with van der Waals surface area (Å²) in [7, 11) is 0. The van der Waals surface area contributed by atoms with E-state index in [1.807, 2.05) is 24.3 Å². The molecule has 0 aliphatic carbocycles. The standard InChI is InChI=1S/C15H18BrNO2/c1-11(18)15(8-3-9-17(15)12(2)19)10-13-4-6-14(16)7-5-13/h4-7H,3,8-10H2,1-2H3. The van der Waals surface area contributed by atoms with Crippen LogP contribution in [0.1, 0.15) is 32.3 Å². The first kappa shape index (κ1) is 14.3. The molecule has 1 fully saturated rings. The molecule has 1 aliphatic rings. The quantitative estimate of drug-likeness (QED) is 0.857. The van der Waals surface area contributed by atoms with Crippen LogP contribution in [0.15, 0.2) is 28.7 Å². The second kappa shape index (κ2) is 5.45. The van der Waals surface area contributed by atoms with E-state index in [0.717, 1.165) is 22.9 Å². The van der Waals surface area contributed by atoms with Gasteiger partial charge in [-0.15, -0.1) is 0 Å². The first-order chi connectivity index (χ1) is 8.95. The van der Waals surface area contributed by atoms with E-state index in [1.165, 1.54) is 0 Å². The maximum Gasteiger partial charge on any atom is 0.220 e. The van der Waals surface area contributed by atoms with E-state index in [0.29, 0.717) is 13.0 Å². The monoisotopic (exact) mass is 323 g/mol. The summed E-state index contributed by atoms with van der Waals surface area (Å²) in [6.07, 6.45) is 2.27. The average molecular weight is 324 g/mol. The second-order valence-electron chi connectivity index (χ2n) is 5.17. The van der Waals surface area contributed by atoms with Gasteiger partial charge in [-0.3, -0.25) is 9.59 Å². The zero-order valence-electron chi connectivity index (χ0n) is 11.3. The molecule has 0 saturated carbocycles. The Bertz CT molecular complexity index is 497. The van der Waals surface area contributed by atoms with Crippen molar-refractivity contribution >= 4 is 27.6 Å². The molecule has 2 rings (SSSR count). The number of carbonyl (C=O) groups excluding carboxylic acids is 2. The molecule has 3 nitrogen and oxygen atoms in total. The molecule has 1 saturated heterocycles. The Morgan fingerprint density at radius 3 is 2.42 bits per heavy atom. The van der Waals surface area contributed by atoms with E-state index in [2.05, 4.69) is 15.9 Å². The lowest BCUT2D eigenvalue weighted by molar-refractivity contribution is -0.141. The Morgan fingerprint density at radius 2 is 1.89 bits per heavy atom. The highest BCUT2D eigenvalue weighted by molar-refractivity contribution is 9.10. The fourth-order valence-electron chi connectivity index (χ4n) is 2.95. The molecule has 0 N–H and O–H groups in total. The number of ketones is 1. The fourth-order valence-corrected chi connectivity index (χ4v) is 3.22. The summed E-state index contributed by atoms with van der Waals surface area (Å²) in [5.74, 6) is 0.0768. The van der Waals surface area contributed by atoms with Crippen molar-refractivity contribution in [3.05, 3.63) is 34.3 Å². The highest BCUT2D eigenvalue weighted by Crippen LogP contribution is 2.34. The van der Waals surface area contributed by atoms with Crippen LogP contribution in [0.2, 0.25) is 0 Å². The molecule has 0 aromatic heterocycles. The van der Waals surface area contributed by atoms with Crippen LogP contribution in [-0.4, -0.2) is 28.7 Å². The third-order valence-corrected chi connectivity index (χ3v) is 4.46. The van der Waals surface area contributed by atoms with Crippen molar-refractivity contribution < 1.29 is 9.59 Å². The Hall–Kier alpha value is -1.16. The predicted octanol–water partition coefficient (Wildman–Crippen LogP) is 2.96. The summed E-state index contributed by atoms with van der Waals surface area (Å²) < 4.78 is 1.02. The van der Waals surface area contributed by atoms with Gasteiger partial charge >= 0.3 is 0 Å². The van der Waals surface area contributed by atoms with Crippen LogP contribution in [-0.2, 0) is 16.0 Å². The summed E-state index contributed by atoms with van der Waals surface area (Å²) in [5.41, 5.74) is 0.450. The molecule has 19 heavy (non-hydrogen) atoms. The van der Waals surface area contributed by atoms with Crippen LogP contribution in [0.4, 0.5) is 0 Å². The van der Waals surface area contributed by atoms with Crippen LogP contribution in [0.25, 0.3) is 0 Å². The molecule has 0 spiro atoms. The number of halogens is 1. The molecule has 1 aromatic carbocycles. The summed E-state index contributed by atoms with van der Waals surface area (Å²) in [4.78, 5) is 25.7. The molecular formula is C15H18BrNO2. The predicted molar refractivity (Wildman–Crippen MR) is 77.9 cm³/mol. The first-order valence-corrected chi connectivity index (χ1v) is 7.29. The molecule has 0 radical (unpaired) electrons. The number of likely N-dealkylation sites (tertiary alicyclic amines) is 1. The minimum atomic E-state index is -0.639. The van der Waals surface area contributed by atoms with E-state index in [-0.39, 0.29) is 11.7 Å². The molecule has 0 bridgehead atoms. The first-order valence-electron chi connectivity index (χ1n) is 6.49. The zero-order chi connectivity index (χ0) is 14.0. The van der Waals surface area contributed by atoms with E-state index in [1.54, 1.807) is 18.7 Å². The van der Waals surface area contributed by atoms with Crippen molar-refractivity contribution in [2.45, 2.75) is 38.6 Å². The van der Waals surface area contributed by atoms with Crippen molar-refractivity contribution in [3.63, 3.8) is 0 Å². The van der Waals surface area contributed by atoms with Crippen LogP contribution >= 0.6 is 15.9 Å². The highest BCUT2D eigenvalue weighted by atomic mass is 79.9. The van der Waals surface area contributed by atoms with E-state index in [4.69, 9.17) is 0 Å². The van der Waals surface area contributed by atoms with Gasteiger partial charge < -0.3 is 4.90 Å². The van der Waals surface area contributed by atoms with E-state index in [9.17, 15) is 9.59 Å². The molecule has 1 amide bonds. The van der Waals surface area contributed by atoms with Gasteiger partial charge in [-0.1, -0.05) is 28.1 Å². The fraction of sp³-hybridized carbons (Fsp3) is 0.467. The molecular weight excluding hydrogens is 306 g/mol. The van der Waals surface area contributed by atoms with Gasteiger partial charge in [-0.2, -0.15) is 0 Å². The Balaban J connectivity index is 2.32. The number of amides is 1. The van der Waals surface area contributed by atoms with Crippen LogP contribution in [0.3, 0.4) is 0 Å². The smallest absolute Gasteiger partial charge is 0.220 e. The minimum Gasteiger partial charge on any atom is -0.330 e. The molecule has 1 aliphatic heterocycles. The van der Waals surface area contributed by atoms with Crippen molar-refractivity contribution in [1.29, 1.82) is 0 Å².